The number of halogens is 2. The average molecular weight is 418 g/mol. The third kappa shape index (κ3) is 5.64. The predicted octanol–water partition coefficient (Wildman–Crippen LogP) is 4.59. The minimum absolute atomic E-state index is 0.145. The predicted molar refractivity (Wildman–Crippen MR) is 102 cm³/mol. The van der Waals surface area contributed by atoms with Gasteiger partial charge in [0.05, 0.1) is 0 Å². The lowest BCUT2D eigenvalue weighted by Crippen LogP contribution is -2.55. The Morgan fingerprint density at radius 1 is 1.38 bits per heavy atom. The Morgan fingerprint density at radius 3 is 2.71 bits per heavy atom. The van der Waals surface area contributed by atoms with Crippen LogP contribution in [-0.4, -0.2) is 53.7 Å². The second kappa shape index (κ2) is 8.07. The van der Waals surface area contributed by atoms with Crippen molar-refractivity contribution in [2.75, 3.05) is 26.2 Å². The summed E-state index contributed by atoms with van der Waals surface area (Å²) in [5.41, 5.74) is 0.694. The number of rotatable bonds is 3. The molecule has 1 amide bonds. The van der Waals surface area contributed by atoms with Gasteiger partial charge in [0.25, 0.3) is 0 Å². The fourth-order valence-corrected chi connectivity index (χ4v) is 3.46. The molecule has 1 aliphatic heterocycles. The molecule has 4 nitrogen and oxygen atoms in total. The van der Waals surface area contributed by atoms with Gasteiger partial charge in [-0.15, -0.1) is 0 Å². The van der Waals surface area contributed by atoms with Crippen LogP contribution < -0.4 is 0 Å². The fourth-order valence-electron chi connectivity index (χ4n) is 2.84. The van der Waals surface area contributed by atoms with Gasteiger partial charge in [0.1, 0.15) is 5.60 Å². The first-order valence-corrected chi connectivity index (χ1v) is 9.49. The van der Waals surface area contributed by atoms with E-state index < -0.39 is 5.60 Å². The number of hydrogen-bond acceptors (Lipinski definition) is 3. The van der Waals surface area contributed by atoms with E-state index in [-0.39, 0.29) is 12.1 Å². The Bertz CT molecular complexity index is 589. The smallest absolute Gasteiger partial charge is 0.410 e. The Morgan fingerprint density at radius 2 is 2.08 bits per heavy atom. The van der Waals surface area contributed by atoms with Gasteiger partial charge in [-0.2, -0.15) is 0 Å². The highest BCUT2D eigenvalue weighted by Crippen LogP contribution is 2.22. The van der Waals surface area contributed by atoms with Crippen LogP contribution in [0.2, 0.25) is 5.02 Å². The first-order valence-electron chi connectivity index (χ1n) is 8.31. The second-order valence-electron chi connectivity index (χ2n) is 7.31. The number of carbonyl (C=O) groups is 1. The van der Waals surface area contributed by atoms with Crippen LogP contribution in [0.1, 0.15) is 33.3 Å². The molecule has 134 valence electrons. The summed E-state index contributed by atoms with van der Waals surface area (Å²) >= 11 is 9.75. The molecule has 1 atom stereocenters. The summed E-state index contributed by atoms with van der Waals surface area (Å²) in [6.07, 6.45) is 0.682. The second-order valence-corrected chi connectivity index (χ2v) is 8.63. The Hall–Kier alpha value is -0.780. The number of nitrogens with zero attached hydrogens (tertiary/aromatic N) is 2. The largest absolute Gasteiger partial charge is 0.444 e. The number of amides is 1. The van der Waals surface area contributed by atoms with Gasteiger partial charge in [0.15, 0.2) is 0 Å². The molecule has 1 aromatic rings. The molecule has 24 heavy (non-hydrogen) atoms. The van der Waals surface area contributed by atoms with Crippen molar-refractivity contribution in [2.24, 2.45) is 0 Å². The molecule has 1 fully saturated rings. The lowest BCUT2D eigenvalue weighted by Gasteiger charge is -2.40. The van der Waals surface area contributed by atoms with Crippen molar-refractivity contribution in [3.8, 4) is 0 Å². The highest BCUT2D eigenvalue weighted by Gasteiger charge is 2.30. The minimum atomic E-state index is -0.453. The van der Waals surface area contributed by atoms with E-state index in [2.05, 4.69) is 33.8 Å². The Kier molecular flexibility index (Phi) is 6.57. The van der Waals surface area contributed by atoms with Gasteiger partial charge >= 0.3 is 6.09 Å². The van der Waals surface area contributed by atoms with Crippen molar-refractivity contribution < 1.29 is 9.53 Å². The molecule has 0 bridgehead atoms. The molecule has 6 heteroatoms. The molecular formula is C18H26BrClN2O2. The van der Waals surface area contributed by atoms with Gasteiger partial charge in [-0.3, -0.25) is 4.90 Å². The van der Waals surface area contributed by atoms with Gasteiger partial charge in [0.2, 0.25) is 0 Å². The van der Waals surface area contributed by atoms with Crippen molar-refractivity contribution >= 4 is 33.6 Å². The minimum Gasteiger partial charge on any atom is -0.444 e. The summed E-state index contributed by atoms with van der Waals surface area (Å²) in [6, 6.07) is 6.09. The van der Waals surface area contributed by atoms with Crippen LogP contribution in [0.15, 0.2) is 22.7 Å². The van der Waals surface area contributed by atoms with Crippen molar-refractivity contribution in [3.05, 3.63) is 33.3 Å². The number of ether oxygens (including phenoxy) is 1. The molecule has 1 saturated heterocycles. The molecule has 0 aromatic heterocycles. The summed E-state index contributed by atoms with van der Waals surface area (Å²) in [5.74, 6) is 0. The topological polar surface area (TPSA) is 32.8 Å². The summed E-state index contributed by atoms with van der Waals surface area (Å²) in [5, 5.41) is 0.804. The molecule has 0 N–H and O–H groups in total. The van der Waals surface area contributed by atoms with E-state index >= 15 is 0 Å². The van der Waals surface area contributed by atoms with E-state index in [0.717, 1.165) is 41.1 Å². The van der Waals surface area contributed by atoms with Gasteiger partial charge in [-0.1, -0.05) is 27.5 Å². The first kappa shape index (κ1) is 19.5. The van der Waals surface area contributed by atoms with E-state index in [0.29, 0.717) is 6.54 Å². The van der Waals surface area contributed by atoms with Gasteiger partial charge in [0, 0.05) is 41.7 Å². The van der Waals surface area contributed by atoms with Crippen molar-refractivity contribution in [1.29, 1.82) is 0 Å². The SMILES string of the molecule is CC1CN(CCc2cc(Br)ccc2Cl)CCN1C(=O)OC(C)(C)C. The first-order chi connectivity index (χ1) is 11.2. The molecule has 1 heterocycles. The van der Waals surface area contributed by atoms with Crippen LogP contribution in [-0.2, 0) is 11.2 Å². The zero-order valence-corrected chi connectivity index (χ0v) is 17.2. The van der Waals surface area contributed by atoms with Crippen LogP contribution in [0.3, 0.4) is 0 Å². The maximum absolute atomic E-state index is 12.3. The highest BCUT2D eigenvalue weighted by molar-refractivity contribution is 9.10. The Labute approximate surface area is 158 Å². The summed E-state index contributed by atoms with van der Waals surface area (Å²) in [6.45, 7) is 11.1. The van der Waals surface area contributed by atoms with Gasteiger partial charge in [-0.25, -0.2) is 4.79 Å². The van der Waals surface area contributed by atoms with E-state index in [1.807, 2.05) is 37.8 Å². The van der Waals surface area contributed by atoms with E-state index in [9.17, 15) is 4.79 Å². The van der Waals surface area contributed by atoms with Crippen LogP contribution in [0, 0.1) is 0 Å². The zero-order chi connectivity index (χ0) is 17.9. The molecular weight excluding hydrogens is 392 g/mol. The van der Waals surface area contributed by atoms with E-state index in [1.54, 1.807) is 0 Å². The third-order valence-corrected chi connectivity index (χ3v) is 4.91. The summed E-state index contributed by atoms with van der Waals surface area (Å²) in [7, 11) is 0. The number of piperazine rings is 1. The van der Waals surface area contributed by atoms with Crippen molar-refractivity contribution in [2.45, 2.75) is 45.8 Å². The third-order valence-electron chi connectivity index (χ3n) is 4.04. The molecule has 1 unspecified atom stereocenters. The summed E-state index contributed by atoms with van der Waals surface area (Å²) in [4.78, 5) is 16.5. The number of hydrogen-bond donors (Lipinski definition) is 0. The molecule has 1 aromatic carbocycles. The highest BCUT2D eigenvalue weighted by atomic mass is 79.9. The number of carbonyl (C=O) groups excluding carboxylic acids is 1. The molecule has 0 saturated carbocycles. The maximum Gasteiger partial charge on any atom is 0.410 e. The van der Waals surface area contributed by atoms with Crippen molar-refractivity contribution in [3.63, 3.8) is 0 Å². The average Bonchev–Trinajstić information content (AvgIpc) is 2.46. The number of benzene rings is 1. The standard InChI is InChI=1S/C18H26BrClN2O2/c1-13-12-21(8-7-14-11-15(19)5-6-16(14)20)9-10-22(13)17(23)24-18(2,3)4/h5-6,11,13H,7-10,12H2,1-4H3. The molecule has 2 rings (SSSR count). The maximum atomic E-state index is 12.3. The van der Waals surface area contributed by atoms with Gasteiger partial charge in [-0.05, 0) is 57.9 Å². The Balaban J connectivity index is 1.87. The van der Waals surface area contributed by atoms with E-state index in [1.165, 1.54) is 0 Å². The van der Waals surface area contributed by atoms with Crippen molar-refractivity contribution in [1.82, 2.24) is 9.80 Å². The van der Waals surface area contributed by atoms with Crippen LogP contribution in [0.5, 0.6) is 0 Å². The monoisotopic (exact) mass is 416 g/mol. The van der Waals surface area contributed by atoms with Crippen LogP contribution >= 0.6 is 27.5 Å². The van der Waals surface area contributed by atoms with Gasteiger partial charge < -0.3 is 9.64 Å². The summed E-state index contributed by atoms with van der Waals surface area (Å²) < 4.78 is 6.53. The lowest BCUT2D eigenvalue weighted by atomic mass is 10.1. The van der Waals surface area contributed by atoms with Crippen LogP contribution in [0.4, 0.5) is 4.79 Å². The molecule has 1 aliphatic rings. The molecule has 0 radical (unpaired) electrons. The zero-order valence-electron chi connectivity index (χ0n) is 14.8. The fraction of sp³-hybridized carbons (Fsp3) is 0.611. The normalized spacial score (nSPS) is 19.4. The lowest BCUT2D eigenvalue weighted by molar-refractivity contribution is 0.00163. The van der Waals surface area contributed by atoms with E-state index in [4.69, 9.17) is 16.3 Å². The van der Waals surface area contributed by atoms with Crippen LogP contribution in [0.25, 0.3) is 0 Å². The molecule has 0 spiro atoms. The molecule has 0 aliphatic carbocycles. The quantitative estimate of drug-likeness (QED) is 0.721.